The number of nitrogens with one attached hydrogen (secondary N) is 4. The van der Waals surface area contributed by atoms with Crippen molar-refractivity contribution < 1.29 is 38.2 Å². The normalized spacial score (nSPS) is 10.3. The first-order valence-corrected chi connectivity index (χ1v) is 12.6. The Hall–Kier alpha value is -5.00. The molecule has 40 heavy (non-hydrogen) atoms. The molecule has 12 nitrogen and oxygen atoms in total. The quantitative estimate of drug-likeness (QED) is 0.133. The third-order valence-electron chi connectivity index (χ3n) is 5.02. The van der Waals surface area contributed by atoms with E-state index in [-0.39, 0.29) is 63.0 Å². The molecular weight excluding hydrogens is 520 g/mol. The Morgan fingerprint density at radius 2 is 0.925 bits per heavy atom. The molecule has 0 aromatic heterocycles. The van der Waals surface area contributed by atoms with E-state index in [2.05, 4.69) is 21.3 Å². The van der Waals surface area contributed by atoms with E-state index in [9.17, 15) is 28.8 Å². The molecule has 0 aliphatic rings. The van der Waals surface area contributed by atoms with Crippen molar-refractivity contribution in [2.45, 2.75) is 12.8 Å². The van der Waals surface area contributed by atoms with E-state index in [0.717, 1.165) is 12.2 Å². The van der Waals surface area contributed by atoms with Crippen LogP contribution in [-0.2, 0) is 28.7 Å². The van der Waals surface area contributed by atoms with Gasteiger partial charge in [-0.1, -0.05) is 36.4 Å². The Bertz CT molecular complexity index is 1080. The van der Waals surface area contributed by atoms with Crippen LogP contribution in [-0.4, -0.2) is 75.0 Å². The van der Waals surface area contributed by atoms with Gasteiger partial charge in [-0.25, -0.2) is 9.59 Å². The summed E-state index contributed by atoms with van der Waals surface area (Å²) in [7, 11) is 0. The van der Waals surface area contributed by atoms with Gasteiger partial charge >= 0.3 is 11.9 Å². The predicted octanol–water partition coefficient (Wildman–Crippen LogP) is 0.502. The highest BCUT2D eigenvalue weighted by Crippen LogP contribution is 1.98. The second kappa shape index (κ2) is 18.3. The lowest BCUT2D eigenvalue weighted by molar-refractivity contribution is -0.140. The first-order valence-electron chi connectivity index (χ1n) is 12.6. The minimum atomic E-state index is -0.747. The summed E-state index contributed by atoms with van der Waals surface area (Å²) in [4.78, 5) is 70.7. The summed E-state index contributed by atoms with van der Waals surface area (Å²) in [5, 5.41) is 10.2. The molecule has 0 saturated carbocycles. The number of benzene rings is 2. The SMILES string of the molecule is O=C(CNC(=O)c1ccccc1)NCCCOC(=O)/C=C/C(=O)OCCCNC(=O)CNC(=O)c1ccccc1. The maximum atomic E-state index is 11.9. The van der Waals surface area contributed by atoms with Gasteiger partial charge < -0.3 is 30.7 Å². The van der Waals surface area contributed by atoms with Gasteiger partial charge in [-0.15, -0.1) is 0 Å². The van der Waals surface area contributed by atoms with Gasteiger partial charge in [-0.3, -0.25) is 19.2 Å². The first kappa shape index (κ1) is 31.2. The number of ether oxygens (including phenoxy) is 2. The minimum Gasteiger partial charge on any atom is -0.462 e. The molecule has 0 saturated heterocycles. The molecule has 0 fully saturated rings. The van der Waals surface area contributed by atoms with Gasteiger partial charge in [-0.2, -0.15) is 0 Å². The van der Waals surface area contributed by atoms with Gasteiger partial charge in [-0.05, 0) is 37.1 Å². The summed E-state index contributed by atoms with van der Waals surface area (Å²) >= 11 is 0. The molecule has 4 amide bonds. The molecule has 2 aromatic rings. The molecule has 2 aromatic carbocycles. The highest BCUT2D eigenvalue weighted by atomic mass is 16.5. The largest absolute Gasteiger partial charge is 0.462 e. The Morgan fingerprint density at radius 1 is 0.550 bits per heavy atom. The minimum absolute atomic E-state index is 0.0143. The zero-order chi connectivity index (χ0) is 29.0. The zero-order valence-electron chi connectivity index (χ0n) is 21.9. The van der Waals surface area contributed by atoms with E-state index in [1.165, 1.54) is 0 Å². The van der Waals surface area contributed by atoms with Crippen molar-refractivity contribution in [3.8, 4) is 0 Å². The lowest BCUT2D eigenvalue weighted by Gasteiger charge is -2.07. The second-order valence-corrected chi connectivity index (χ2v) is 8.17. The number of hydrogen-bond acceptors (Lipinski definition) is 8. The van der Waals surface area contributed by atoms with Crippen LogP contribution < -0.4 is 21.3 Å². The molecule has 0 heterocycles. The monoisotopic (exact) mass is 552 g/mol. The molecular formula is C28H32N4O8. The van der Waals surface area contributed by atoms with E-state index >= 15 is 0 Å². The standard InChI is InChI=1S/C28H32N4O8/c33-23(19-31-27(37)21-9-3-1-4-10-21)29-15-7-17-39-25(35)13-14-26(36)40-18-8-16-30-24(34)20-32-28(38)22-11-5-2-6-12-22/h1-6,9-14H,7-8,15-20H2,(H,29,33)(H,30,34)(H,31,37)(H,32,38)/b14-13+. The molecule has 0 atom stereocenters. The fraction of sp³-hybridized carbons (Fsp3) is 0.286. The van der Waals surface area contributed by atoms with Crippen molar-refractivity contribution >= 4 is 35.6 Å². The Kier molecular flexibility index (Phi) is 14.3. The van der Waals surface area contributed by atoms with Crippen LogP contribution in [0.25, 0.3) is 0 Å². The summed E-state index contributed by atoms with van der Waals surface area (Å²) in [6.45, 7) is 0.125. The van der Waals surface area contributed by atoms with Crippen molar-refractivity contribution in [1.29, 1.82) is 0 Å². The third kappa shape index (κ3) is 13.5. The lowest BCUT2D eigenvalue weighted by atomic mass is 10.2. The van der Waals surface area contributed by atoms with Crippen LogP contribution in [0.2, 0.25) is 0 Å². The highest BCUT2D eigenvalue weighted by molar-refractivity contribution is 5.97. The average Bonchev–Trinajstić information content (AvgIpc) is 2.98. The molecule has 4 N–H and O–H groups in total. The van der Waals surface area contributed by atoms with Crippen LogP contribution in [0.4, 0.5) is 0 Å². The zero-order valence-corrected chi connectivity index (χ0v) is 21.9. The van der Waals surface area contributed by atoms with Crippen molar-refractivity contribution in [2.24, 2.45) is 0 Å². The fourth-order valence-corrected chi connectivity index (χ4v) is 3.01. The Morgan fingerprint density at radius 3 is 1.30 bits per heavy atom. The Labute approximate surface area is 231 Å². The summed E-state index contributed by atoms with van der Waals surface area (Å²) in [5.41, 5.74) is 0.900. The third-order valence-corrected chi connectivity index (χ3v) is 5.02. The fourth-order valence-electron chi connectivity index (χ4n) is 3.01. The summed E-state index contributed by atoms with van der Waals surface area (Å²) in [6.07, 6.45) is 2.53. The van der Waals surface area contributed by atoms with E-state index in [0.29, 0.717) is 24.0 Å². The number of hydrogen-bond donors (Lipinski definition) is 4. The van der Waals surface area contributed by atoms with Crippen LogP contribution in [0.1, 0.15) is 33.6 Å². The van der Waals surface area contributed by atoms with Gasteiger partial charge in [0.2, 0.25) is 11.8 Å². The molecule has 2 rings (SSSR count). The van der Waals surface area contributed by atoms with Crippen molar-refractivity contribution in [3.05, 3.63) is 83.9 Å². The van der Waals surface area contributed by atoms with Crippen LogP contribution in [0.5, 0.6) is 0 Å². The molecule has 0 aliphatic carbocycles. The van der Waals surface area contributed by atoms with Gasteiger partial charge in [0.1, 0.15) is 0 Å². The molecule has 0 aliphatic heterocycles. The number of amides is 4. The highest BCUT2D eigenvalue weighted by Gasteiger charge is 2.08. The van der Waals surface area contributed by atoms with E-state index in [1.807, 2.05) is 0 Å². The van der Waals surface area contributed by atoms with Gasteiger partial charge in [0.15, 0.2) is 0 Å². The van der Waals surface area contributed by atoms with Crippen LogP contribution >= 0.6 is 0 Å². The molecule has 0 radical (unpaired) electrons. The topological polar surface area (TPSA) is 169 Å². The molecule has 212 valence electrons. The van der Waals surface area contributed by atoms with Crippen LogP contribution in [0, 0.1) is 0 Å². The summed E-state index contributed by atoms with van der Waals surface area (Å²) < 4.78 is 9.87. The van der Waals surface area contributed by atoms with E-state index in [1.54, 1.807) is 60.7 Å². The lowest BCUT2D eigenvalue weighted by Crippen LogP contribution is -2.37. The van der Waals surface area contributed by atoms with Crippen molar-refractivity contribution in [3.63, 3.8) is 0 Å². The smallest absolute Gasteiger partial charge is 0.331 e. The average molecular weight is 553 g/mol. The van der Waals surface area contributed by atoms with Crippen LogP contribution in [0.15, 0.2) is 72.8 Å². The second-order valence-electron chi connectivity index (χ2n) is 8.17. The van der Waals surface area contributed by atoms with Crippen molar-refractivity contribution in [2.75, 3.05) is 39.4 Å². The van der Waals surface area contributed by atoms with E-state index < -0.39 is 11.9 Å². The maximum absolute atomic E-state index is 11.9. The number of carbonyl (C=O) groups is 6. The number of rotatable bonds is 16. The molecule has 12 heteroatoms. The van der Waals surface area contributed by atoms with E-state index in [4.69, 9.17) is 9.47 Å². The predicted molar refractivity (Wildman–Crippen MR) is 144 cm³/mol. The number of carbonyl (C=O) groups excluding carboxylic acids is 6. The molecule has 0 bridgehead atoms. The van der Waals surface area contributed by atoms with Crippen LogP contribution in [0.3, 0.4) is 0 Å². The van der Waals surface area contributed by atoms with Gasteiger partial charge in [0.25, 0.3) is 11.8 Å². The summed E-state index contributed by atoms with van der Waals surface area (Å²) in [5.74, 6) is -2.97. The number of esters is 2. The first-order chi connectivity index (χ1) is 19.3. The van der Waals surface area contributed by atoms with Gasteiger partial charge in [0, 0.05) is 36.4 Å². The molecule has 0 unspecified atom stereocenters. The maximum Gasteiger partial charge on any atom is 0.331 e. The van der Waals surface area contributed by atoms with Crippen molar-refractivity contribution in [1.82, 2.24) is 21.3 Å². The molecule has 0 spiro atoms. The summed E-state index contributed by atoms with van der Waals surface area (Å²) in [6, 6.07) is 17.0. The van der Waals surface area contributed by atoms with Gasteiger partial charge in [0.05, 0.1) is 26.3 Å². The Balaban J connectivity index is 1.44.